The van der Waals surface area contributed by atoms with Crippen LogP contribution in [-0.4, -0.2) is 15.0 Å². The van der Waals surface area contributed by atoms with Crippen LogP contribution in [0.4, 0.5) is 4.39 Å². The summed E-state index contributed by atoms with van der Waals surface area (Å²) in [6.07, 6.45) is 4.91. The van der Waals surface area contributed by atoms with Crippen molar-refractivity contribution in [1.82, 2.24) is 0 Å². The highest BCUT2D eigenvalue weighted by molar-refractivity contribution is 7.89. The molecule has 80 valence electrons. The summed E-state index contributed by atoms with van der Waals surface area (Å²) in [6.45, 7) is -0.0916. The number of ether oxygens (including phenoxy) is 1. The van der Waals surface area contributed by atoms with Crippen molar-refractivity contribution in [3.05, 3.63) is 24.0 Å². The minimum atomic E-state index is -3.90. The van der Waals surface area contributed by atoms with E-state index in [4.69, 9.17) is 16.3 Å². The van der Waals surface area contributed by atoms with Crippen molar-refractivity contribution in [2.75, 3.05) is 6.61 Å². The van der Waals surface area contributed by atoms with E-state index in [2.05, 4.69) is 5.92 Å². The third-order valence-corrected chi connectivity index (χ3v) is 2.45. The maximum absolute atomic E-state index is 13.2. The van der Waals surface area contributed by atoms with E-state index in [1.54, 1.807) is 0 Å². The fraction of sp³-hybridized carbons (Fsp3) is 0.111. The van der Waals surface area contributed by atoms with Crippen molar-refractivity contribution >= 4 is 10.0 Å². The Hall–Kier alpha value is -1.58. The first kappa shape index (κ1) is 11.5. The molecule has 0 spiro atoms. The van der Waals surface area contributed by atoms with Gasteiger partial charge in [-0.15, -0.1) is 6.42 Å². The van der Waals surface area contributed by atoms with Crippen LogP contribution in [0.15, 0.2) is 23.1 Å². The number of rotatable bonds is 3. The van der Waals surface area contributed by atoms with Gasteiger partial charge in [-0.3, -0.25) is 0 Å². The quantitative estimate of drug-likeness (QED) is 0.767. The van der Waals surface area contributed by atoms with Crippen LogP contribution in [0.3, 0.4) is 0 Å². The Morgan fingerprint density at radius 3 is 2.67 bits per heavy atom. The molecule has 0 aromatic heterocycles. The molecule has 0 heterocycles. The van der Waals surface area contributed by atoms with Gasteiger partial charge >= 0.3 is 0 Å². The molecule has 0 aliphatic carbocycles. The summed E-state index contributed by atoms with van der Waals surface area (Å²) in [5, 5.41) is 4.81. The lowest BCUT2D eigenvalue weighted by molar-refractivity contribution is 0.347. The molecular formula is C9H8FNO3S. The van der Waals surface area contributed by atoms with Crippen LogP contribution in [-0.2, 0) is 10.0 Å². The Balaban J connectivity index is 3.05. The molecule has 0 amide bonds. The van der Waals surface area contributed by atoms with E-state index in [1.807, 2.05) is 0 Å². The smallest absolute Gasteiger partial charge is 0.238 e. The topological polar surface area (TPSA) is 69.4 Å². The average Bonchev–Trinajstić information content (AvgIpc) is 2.14. The summed E-state index contributed by atoms with van der Waals surface area (Å²) >= 11 is 0. The summed E-state index contributed by atoms with van der Waals surface area (Å²) in [6, 6.07) is 3.08. The van der Waals surface area contributed by atoms with Crippen molar-refractivity contribution in [2.45, 2.75) is 4.90 Å². The molecule has 15 heavy (non-hydrogen) atoms. The van der Waals surface area contributed by atoms with Gasteiger partial charge in [0.1, 0.15) is 6.61 Å². The van der Waals surface area contributed by atoms with Crippen LogP contribution >= 0.6 is 0 Å². The number of sulfonamides is 1. The van der Waals surface area contributed by atoms with Crippen molar-refractivity contribution in [3.63, 3.8) is 0 Å². The third-order valence-electron chi connectivity index (χ3n) is 1.54. The normalized spacial score (nSPS) is 10.7. The number of nitrogens with two attached hydrogens (primary N) is 1. The van der Waals surface area contributed by atoms with Gasteiger partial charge in [0.2, 0.25) is 10.0 Å². The fourth-order valence-corrected chi connectivity index (χ4v) is 1.42. The number of terminal acetylenes is 1. The molecule has 4 nitrogen and oxygen atoms in total. The first-order valence-corrected chi connectivity index (χ1v) is 5.38. The highest BCUT2D eigenvalue weighted by atomic mass is 32.2. The molecule has 6 heteroatoms. The van der Waals surface area contributed by atoms with E-state index in [0.717, 1.165) is 18.2 Å². The molecule has 0 bridgehead atoms. The predicted octanol–water partition coefficient (Wildman–Crippen LogP) is 0.485. The Bertz CT molecular complexity index is 505. The first-order chi connectivity index (χ1) is 6.95. The van der Waals surface area contributed by atoms with Gasteiger partial charge in [-0.25, -0.2) is 17.9 Å². The largest absolute Gasteiger partial charge is 0.478 e. The SMILES string of the molecule is C#CCOc1ccc(S(N)(=O)=O)cc1F. The third kappa shape index (κ3) is 2.94. The van der Waals surface area contributed by atoms with E-state index in [0.29, 0.717) is 0 Å². The summed E-state index contributed by atoms with van der Waals surface area (Å²) in [5.41, 5.74) is 0. The lowest BCUT2D eigenvalue weighted by atomic mass is 10.3. The highest BCUT2D eigenvalue weighted by Crippen LogP contribution is 2.20. The molecule has 0 fully saturated rings. The van der Waals surface area contributed by atoms with Gasteiger partial charge in [-0.2, -0.15) is 0 Å². The molecule has 0 aliphatic rings. The average molecular weight is 229 g/mol. The van der Waals surface area contributed by atoms with Crippen LogP contribution in [0.5, 0.6) is 5.75 Å². The molecule has 0 aliphatic heterocycles. The Morgan fingerprint density at radius 2 is 2.20 bits per heavy atom. The van der Waals surface area contributed by atoms with Gasteiger partial charge in [0.15, 0.2) is 11.6 Å². The van der Waals surface area contributed by atoms with Crippen LogP contribution in [0.1, 0.15) is 0 Å². The predicted molar refractivity (Wildman–Crippen MR) is 52.1 cm³/mol. The van der Waals surface area contributed by atoms with E-state index in [9.17, 15) is 12.8 Å². The molecular weight excluding hydrogens is 221 g/mol. The van der Waals surface area contributed by atoms with Crippen molar-refractivity contribution in [3.8, 4) is 18.1 Å². The fourth-order valence-electron chi connectivity index (χ4n) is 0.895. The number of primary sulfonamides is 1. The van der Waals surface area contributed by atoms with Gasteiger partial charge in [-0.05, 0) is 18.2 Å². The minimum absolute atomic E-state index is 0.0916. The molecule has 1 rings (SSSR count). The van der Waals surface area contributed by atoms with Crippen LogP contribution in [0.2, 0.25) is 0 Å². The zero-order valence-electron chi connectivity index (χ0n) is 7.60. The lowest BCUT2D eigenvalue weighted by Crippen LogP contribution is -2.12. The minimum Gasteiger partial charge on any atom is -0.478 e. The van der Waals surface area contributed by atoms with Crippen LogP contribution in [0, 0.1) is 18.2 Å². The van der Waals surface area contributed by atoms with Gasteiger partial charge in [0.25, 0.3) is 0 Å². The maximum Gasteiger partial charge on any atom is 0.238 e. The van der Waals surface area contributed by atoms with Gasteiger partial charge in [0.05, 0.1) is 4.90 Å². The second-order valence-corrected chi connectivity index (χ2v) is 4.19. The van der Waals surface area contributed by atoms with Gasteiger partial charge in [0, 0.05) is 0 Å². The molecule has 2 N–H and O–H groups in total. The Kier molecular flexibility index (Phi) is 3.29. The molecule has 0 radical (unpaired) electrons. The highest BCUT2D eigenvalue weighted by Gasteiger charge is 2.11. The van der Waals surface area contributed by atoms with Gasteiger partial charge in [-0.1, -0.05) is 5.92 Å². The van der Waals surface area contributed by atoms with Crippen molar-refractivity contribution in [2.24, 2.45) is 5.14 Å². The second kappa shape index (κ2) is 4.29. The molecule has 0 unspecified atom stereocenters. The zero-order chi connectivity index (χ0) is 11.5. The molecule has 0 saturated heterocycles. The van der Waals surface area contributed by atoms with Crippen LogP contribution < -0.4 is 9.88 Å². The number of halogens is 1. The molecule has 1 aromatic rings. The van der Waals surface area contributed by atoms with E-state index in [-0.39, 0.29) is 17.3 Å². The number of benzene rings is 1. The summed E-state index contributed by atoms with van der Waals surface area (Å²) in [7, 11) is -3.90. The molecule has 0 saturated carbocycles. The summed E-state index contributed by atoms with van der Waals surface area (Å²) < 4.78 is 39.7. The second-order valence-electron chi connectivity index (χ2n) is 2.63. The van der Waals surface area contributed by atoms with E-state index < -0.39 is 15.8 Å². The van der Waals surface area contributed by atoms with Gasteiger partial charge < -0.3 is 4.74 Å². The Labute approximate surface area is 86.9 Å². The summed E-state index contributed by atoms with van der Waals surface area (Å²) in [5.74, 6) is 1.22. The Morgan fingerprint density at radius 1 is 1.53 bits per heavy atom. The summed E-state index contributed by atoms with van der Waals surface area (Å²) in [4.78, 5) is -0.312. The van der Waals surface area contributed by atoms with E-state index in [1.165, 1.54) is 0 Å². The zero-order valence-corrected chi connectivity index (χ0v) is 8.42. The lowest BCUT2D eigenvalue weighted by Gasteiger charge is -2.04. The molecule has 0 atom stereocenters. The van der Waals surface area contributed by atoms with E-state index >= 15 is 0 Å². The van der Waals surface area contributed by atoms with Crippen LogP contribution in [0.25, 0.3) is 0 Å². The van der Waals surface area contributed by atoms with Crippen molar-refractivity contribution < 1.29 is 17.5 Å². The number of hydrogen-bond acceptors (Lipinski definition) is 3. The first-order valence-electron chi connectivity index (χ1n) is 3.84. The van der Waals surface area contributed by atoms with Crippen molar-refractivity contribution in [1.29, 1.82) is 0 Å². The monoisotopic (exact) mass is 229 g/mol. The molecule has 1 aromatic carbocycles. The number of hydrogen-bond donors (Lipinski definition) is 1. The standard InChI is InChI=1S/C9H8FNO3S/c1-2-5-14-9-4-3-7(6-8(9)10)15(11,12)13/h1,3-4,6H,5H2,(H2,11,12,13). The maximum atomic E-state index is 13.2.